The van der Waals surface area contributed by atoms with Crippen molar-refractivity contribution in [3.63, 3.8) is 0 Å². The van der Waals surface area contributed by atoms with Gasteiger partial charge >= 0.3 is 0 Å². The number of carbonyl (C=O) groups excluding carboxylic acids is 1. The molecule has 0 aliphatic carbocycles. The van der Waals surface area contributed by atoms with Gasteiger partial charge in [0, 0.05) is 32.6 Å². The van der Waals surface area contributed by atoms with Gasteiger partial charge in [-0.2, -0.15) is 0 Å². The van der Waals surface area contributed by atoms with Gasteiger partial charge in [0.1, 0.15) is 0 Å². The Balaban J connectivity index is 2.01. The average Bonchev–Trinajstić information content (AvgIpc) is 2.64. The second-order valence-corrected chi connectivity index (χ2v) is 7.69. The van der Waals surface area contributed by atoms with Crippen LogP contribution in [0.15, 0.2) is 72.3 Å². The van der Waals surface area contributed by atoms with Crippen LogP contribution in [0.25, 0.3) is 6.08 Å². The molecule has 3 rings (SSSR count). The molecule has 0 amide bonds. The van der Waals surface area contributed by atoms with E-state index in [1.54, 1.807) is 42.5 Å². The van der Waals surface area contributed by atoms with Gasteiger partial charge in [-0.15, -0.1) is 0 Å². The van der Waals surface area contributed by atoms with Crippen molar-refractivity contribution in [3.05, 3.63) is 109 Å². The molecule has 1 nitrogen and oxygen atoms in total. The number of halogens is 4. The Morgan fingerprint density at radius 3 is 1.89 bits per heavy atom. The standard InChI is InChI=1S/C22H14Cl4O/c23-17-5-1-14(2-6-17)11-16(12-15-3-7-18(24)8-4-15)22(27)20-10-9-19(25)13-21(20)26/h1-11,13H,12H2/b16-11+. The largest absolute Gasteiger partial charge is 0.289 e. The quantitative estimate of drug-likeness (QED) is 0.295. The highest BCUT2D eigenvalue weighted by Gasteiger charge is 2.17. The van der Waals surface area contributed by atoms with E-state index >= 15 is 0 Å². The Bertz CT molecular complexity index is 990. The van der Waals surface area contributed by atoms with E-state index in [1.165, 1.54) is 0 Å². The predicted molar refractivity (Wildman–Crippen MR) is 115 cm³/mol. The first-order chi connectivity index (χ1) is 12.9. The van der Waals surface area contributed by atoms with Crippen LogP contribution in [0, 0.1) is 0 Å². The predicted octanol–water partition coefficient (Wildman–Crippen LogP) is 7.81. The topological polar surface area (TPSA) is 17.1 Å². The summed E-state index contributed by atoms with van der Waals surface area (Å²) in [6, 6.07) is 19.6. The van der Waals surface area contributed by atoms with Crippen LogP contribution in [0.2, 0.25) is 20.1 Å². The molecule has 0 heterocycles. The fraction of sp³-hybridized carbons (Fsp3) is 0.0455. The summed E-state index contributed by atoms with van der Waals surface area (Å²) in [6.45, 7) is 0. The molecule has 5 heteroatoms. The first-order valence-corrected chi connectivity index (χ1v) is 9.64. The summed E-state index contributed by atoms with van der Waals surface area (Å²) < 4.78 is 0. The SMILES string of the molecule is O=C(/C(=C/c1ccc(Cl)cc1)Cc1ccc(Cl)cc1)c1ccc(Cl)cc1Cl. The van der Waals surface area contributed by atoms with Crippen LogP contribution >= 0.6 is 46.4 Å². The lowest BCUT2D eigenvalue weighted by atomic mass is 9.95. The molecule has 0 aliphatic heterocycles. The van der Waals surface area contributed by atoms with Crippen LogP contribution in [-0.4, -0.2) is 5.78 Å². The lowest BCUT2D eigenvalue weighted by Crippen LogP contribution is -2.07. The van der Waals surface area contributed by atoms with Gasteiger partial charge in [-0.1, -0.05) is 70.7 Å². The van der Waals surface area contributed by atoms with E-state index in [9.17, 15) is 4.79 Å². The molecule has 0 aromatic heterocycles. The molecule has 0 N–H and O–H groups in total. The summed E-state index contributed by atoms with van der Waals surface area (Å²) >= 11 is 24.1. The van der Waals surface area contributed by atoms with E-state index in [2.05, 4.69) is 0 Å². The Morgan fingerprint density at radius 2 is 1.30 bits per heavy atom. The molecular formula is C22H14Cl4O. The van der Waals surface area contributed by atoms with E-state index in [4.69, 9.17) is 46.4 Å². The van der Waals surface area contributed by atoms with E-state index in [0.717, 1.165) is 11.1 Å². The van der Waals surface area contributed by atoms with Gasteiger partial charge in [-0.3, -0.25) is 4.79 Å². The fourth-order valence-corrected chi connectivity index (χ4v) is 3.37. The van der Waals surface area contributed by atoms with Crippen molar-refractivity contribution in [3.8, 4) is 0 Å². The van der Waals surface area contributed by atoms with Crippen LogP contribution in [0.3, 0.4) is 0 Å². The lowest BCUT2D eigenvalue weighted by molar-refractivity contribution is 0.103. The maximum Gasteiger partial charge on any atom is 0.190 e. The Kier molecular flexibility index (Phi) is 6.62. The van der Waals surface area contributed by atoms with Crippen molar-refractivity contribution in [1.82, 2.24) is 0 Å². The summed E-state index contributed by atoms with van der Waals surface area (Å²) in [7, 11) is 0. The summed E-state index contributed by atoms with van der Waals surface area (Å²) in [6.07, 6.45) is 2.29. The van der Waals surface area contributed by atoms with Gasteiger partial charge in [0.05, 0.1) is 5.02 Å². The minimum absolute atomic E-state index is 0.151. The highest BCUT2D eigenvalue weighted by atomic mass is 35.5. The maximum absolute atomic E-state index is 13.2. The molecule has 0 fully saturated rings. The van der Waals surface area contributed by atoms with Crippen LogP contribution < -0.4 is 0 Å². The monoisotopic (exact) mass is 434 g/mol. The van der Waals surface area contributed by atoms with Crippen molar-refractivity contribution in [2.24, 2.45) is 0 Å². The average molecular weight is 436 g/mol. The first-order valence-electron chi connectivity index (χ1n) is 8.13. The highest BCUT2D eigenvalue weighted by molar-refractivity contribution is 6.37. The van der Waals surface area contributed by atoms with Gasteiger partial charge in [0.15, 0.2) is 5.78 Å². The molecule has 0 aliphatic rings. The normalized spacial score (nSPS) is 11.5. The zero-order chi connectivity index (χ0) is 19.4. The molecule has 3 aromatic carbocycles. The van der Waals surface area contributed by atoms with Crippen LogP contribution in [0.4, 0.5) is 0 Å². The van der Waals surface area contributed by atoms with Crippen molar-refractivity contribution in [2.45, 2.75) is 6.42 Å². The molecule has 0 saturated heterocycles. The number of hydrogen-bond donors (Lipinski definition) is 0. The summed E-state index contributed by atoms with van der Waals surface area (Å²) in [5.74, 6) is -0.151. The Labute approximate surface area is 178 Å². The zero-order valence-electron chi connectivity index (χ0n) is 14.1. The number of ketones is 1. The third kappa shape index (κ3) is 5.37. The van der Waals surface area contributed by atoms with Gasteiger partial charge < -0.3 is 0 Å². The van der Waals surface area contributed by atoms with Crippen LogP contribution in [0.1, 0.15) is 21.5 Å². The summed E-state index contributed by atoms with van der Waals surface area (Å²) in [5.41, 5.74) is 2.86. The van der Waals surface area contributed by atoms with E-state index in [0.29, 0.717) is 37.6 Å². The Hall–Kier alpha value is -1.77. The van der Waals surface area contributed by atoms with Gasteiger partial charge in [0.2, 0.25) is 0 Å². The summed E-state index contributed by atoms with van der Waals surface area (Å²) in [5, 5.41) is 2.09. The third-order valence-corrected chi connectivity index (χ3v) is 5.04. The molecule has 0 spiro atoms. The van der Waals surface area contributed by atoms with Crippen molar-refractivity contribution in [1.29, 1.82) is 0 Å². The van der Waals surface area contributed by atoms with Gasteiger partial charge in [-0.05, 0) is 59.7 Å². The fourth-order valence-electron chi connectivity index (χ4n) is 2.63. The van der Waals surface area contributed by atoms with Gasteiger partial charge in [-0.25, -0.2) is 0 Å². The second kappa shape index (κ2) is 8.95. The van der Waals surface area contributed by atoms with E-state index in [-0.39, 0.29) is 5.78 Å². The number of carbonyl (C=O) groups is 1. The summed E-state index contributed by atoms with van der Waals surface area (Å²) in [4.78, 5) is 13.2. The molecule has 0 radical (unpaired) electrons. The van der Waals surface area contributed by atoms with Crippen molar-refractivity contribution < 1.29 is 4.79 Å². The highest BCUT2D eigenvalue weighted by Crippen LogP contribution is 2.26. The lowest BCUT2D eigenvalue weighted by Gasteiger charge is -2.10. The second-order valence-electron chi connectivity index (χ2n) is 5.98. The molecule has 0 saturated carbocycles. The Morgan fingerprint density at radius 1 is 0.741 bits per heavy atom. The molecule has 0 atom stereocenters. The number of allylic oxidation sites excluding steroid dienone is 1. The molecule has 0 unspecified atom stereocenters. The first kappa shape index (κ1) is 20.0. The van der Waals surface area contributed by atoms with E-state index in [1.807, 2.05) is 30.3 Å². The minimum atomic E-state index is -0.151. The minimum Gasteiger partial charge on any atom is -0.289 e. The van der Waals surface area contributed by atoms with Gasteiger partial charge in [0.25, 0.3) is 0 Å². The third-order valence-electron chi connectivity index (χ3n) is 3.99. The number of benzene rings is 3. The molecule has 136 valence electrons. The molecule has 3 aromatic rings. The number of Topliss-reactive ketones (excluding diaryl/α,β-unsaturated/α-hetero) is 1. The van der Waals surface area contributed by atoms with Crippen molar-refractivity contribution >= 4 is 58.3 Å². The maximum atomic E-state index is 13.2. The zero-order valence-corrected chi connectivity index (χ0v) is 17.1. The van der Waals surface area contributed by atoms with Crippen LogP contribution in [0.5, 0.6) is 0 Å². The van der Waals surface area contributed by atoms with Crippen LogP contribution in [-0.2, 0) is 6.42 Å². The smallest absolute Gasteiger partial charge is 0.190 e. The molecule has 0 bridgehead atoms. The van der Waals surface area contributed by atoms with E-state index < -0.39 is 0 Å². The molecule has 27 heavy (non-hydrogen) atoms. The number of hydrogen-bond acceptors (Lipinski definition) is 1. The number of rotatable bonds is 5. The molecular weight excluding hydrogens is 422 g/mol. The van der Waals surface area contributed by atoms with Crippen molar-refractivity contribution in [2.75, 3.05) is 0 Å².